The van der Waals surface area contributed by atoms with Gasteiger partial charge in [-0.1, -0.05) is 0 Å². The van der Waals surface area contributed by atoms with E-state index in [1.807, 2.05) is 0 Å². The van der Waals surface area contributed by atoms with Crippen molar-refractivity contribution in [3.05, 3.63) is 5.53 Å². The van der Waals surface area contributed by atoms with Crippen LogP contribution in [0, 0.1) is 0 Å². The van der Waals surface area contributed by atoms with E-state index >= 15 is 0 Å². The van der Waals surface area contributed by atoms with Crippen LogP contribution in [-0.4, -0.2) is 52.5 Å². The Morgan fingerprint density at radius 1 is 1.47 bits per heavy atom. The molecule has 8 heteroatoms. The molecule has 104 valence electrons. The molecule has 0 radical (unpaired) electrons. The average molecular weight is 269 g/mol. The van der Waals surface area contributed by atoms with Crippen LogP contribution < -0.4 is 5.32 Å². The third kappa shape index (κ3) is 6.44. The zero-order valence-corrected chi connectivity index (χ0v) is 10.2. The fourth-order valence-corrected chi connectivity index (χ4v) is 1.34. The molecule has 8 nitrogen and oxygen atoms in total. The Labute approximate surface area is 109 Å². The molecule has 0 heterocycles. The molecule has 1 atom stereocenters. The van der Waals surface area contributed by atoms with Crippen LogP contribution >= 0.6 is 0 Å². The van der Waals surface area contributed by atoms with Gasteiger partial charge in [0.1, 0.15) is 12.6 Å². The van der Waals surface area contributed by atoms with Gasteiger partial charge < -0.3 is 20.7 Å². The van der Waals surface area contributed by atoms with E-state index in [0.29, 0.717) is 6.21 Å². The monoisotopic (exact) mass is 269 g/mol. The number of carboxylic acid groups (broad SMARTS) is 1. The van der Waals surface area contributed by atoms with Gasteiger partial charge in [0, 0.05) is 6.42 Å². The van der Waals surface area contributed by atoms with E-state index in [1.54, 1.807) is 0 Å². The summed E-state index contributed by atoms with van der Waals surface area (Å²) in [4.78, 5) is 35.9. The van der Waals surface area contributed by atoms with Gasteiger partial charge in [0.2, 0.25) is 11.7 Å². The summed E-state index contributed by atoms with van der Waals surface area (Å²) < 4.78 is 5.13. The van der Waals surface area contributed by atoms with E-state index in [2.05, 4.69) is 10.1 Å². The first kappa shape index (κ1) is 15.0. The van der Waals surface area contributed by atoms with Crippen molar-refractivity contribution in [2.24, 2.45) is 0 Å². The maximum absolute atomic E-state index is 11.4. The van der Waals surface area contributed by atoms with Gasteiger partial charge in [-0.3, -0.25) is 9.59 Å². The smallest absolute Gasteiger partial charge is 0.326 e. The molecule has 0 unspecified atom stereocenters. The lowest BCUT2D eigenvalue weighted by molar-refractivity contribution is -0.143. The van der Waals surface area contributed by atoms with Gasteiger partial charge >= 0.3 is 12.2 Å². The third-order valence-electron chi connectivity index (χ3n) is 2.49. The Hall–Kier alpha value is -2.05. The summed E-state index contributed by atoms with van der Waals surface area (Å²) in [5.41, 5.74) is 8.13. The number of nitrogens with zero attached hydrogens (tertiary/aromatic N) is 2. The molecule has 1 aliphatic carbocycles. The number of hydrogen-bond donors (Lipinski definition) is 2. The quantitative estimate of drug-likeness (QED) is 0.327. The summed E-state index contributed by atoms with van der Waals surface area (Å²) in [6, 6.07) is -1.16. The molecule has 0 aromatic heterocycles. The highest BCUT2D eigenvalue weighted by atomic mass is 16.5. The van der Waals surface area contributed by atoms with E-state index in [1.165, 1.54) is 0 Å². The molecule has 1 fully saturated rings. The summed E-state index contributed by atoms with van der Waals surface area (Å²) in [5.74, 6) is -2.27. The van der Waals surface area contributed by atoms with E-state index in [0.717, 1.165) is 12.8 Å². The second-order valence-electron chi connectivity index (χ2n) is 4.22. The summed E-state index contributed by atoms with van der Waals surface area (Å²) in [6.45, 7) is -0.180. The van der Waals surface area contributed by atoms with E-state index in [-0.39, 0.29) is 25.6 Å². The first-order valence-electron chi connectivity index (χ1n) is 5.87. The highest BCUT2D eigenvalue weighted by Crippen LogP contribution is 2.22. The Morgan fingerprint density at radius 2 is 2.16 bits per heavy atom. The minimum absolute atomic E-state index is 0.0741. The van der Waals surface area contributed by atoms with Crippen LogP contribution in [0.1, 0.15) is 25.7 Å². The number of aliphatic carboxylic acids is 1. The number of hydrogen-bond acceptors (Lipinski definition) is 4. The van der Waals surface area contributed by atoms with E-state index < -0.39 is 23.7 Å². The standard InChI is InChI=1S/C11H15N3O5/c12-13-5-7(15)1-4-9(11(17)18)14-10(16)6-19-8-2-3-8/h5,8-9H,1-4,6H2,(H,14,16)(H,17,18)/t9-/m0/s1. The number of amides is 1. The molecule has 0 bridgehead atoms. The van der Waals surface area contributed by atoms with Crippen molar-refractivity contribution in [3.63, 3.8) is 0 Å². The molecule has 0 spiro atoms. The SMILES string of the molecule is [N-]=[N+]=CC(=O)CC[C@H](NC(=O)COC1CC1)C(=O)O. The summed E-state index contributed by atoms with van der Waals surface area (Å²) in [5, 5.41) is 11.2. The van der Waals surface area contributed by atoms with Gasteiger partial charge in [0.25, 0.3) is 0 Å². The second-order valence-corrected chi connectivity index (χ2v) is 4.22. The van der Waals surface area contributed by atoms with Crippen LogP contribution in [0.15, 0.2) is 0 Å². The average Bonchev–Trinajstić information content (AvgIpc) is 3.15. The summed E-state index contributed by atoms with van der Waals surface area (Å²) in [7, 11) is 0. The minimum atomic E-state index is -1.23. The van der Waals surface area contributed by atoms with E-state index in [4.69, 9.17) is 15.4 Å². The number of ketones is 1. The second kappa shape index (κ2) is 7.40. The molecule has 1 saturated carbocycles. The number of nitrogens with one attached hydrogen (secondary N) is 1. The summed E-state index contributed by atoms with van der Waals surface area (Å²) >= 11 is 0. The number of carboxylic acids is 1. The van der Waals surface area contributed by atoms with Crippen LogP contribution in [0.5, 0.6) is 0 Å². The van der Waals surface area contributed by atoms with Crippen molar-refractivity contribution < 1.29 is 29.0 Å². The topological polar surface area (TPSA) is 129 Å². The normalized spacial score (nSPS) is 15.2. The van der Waals surface area contributed by atoms with Crippen LogP contribution in [-0.2, 0) is 19.1 Å². The zero-order valence-electron chi connectivity index (χ0n) is 10.2. The molecule has 19 heavy (non-hydrogen) atoms. The van der Waals surface area contributed by atoms with Gasteiger partial charge in [0.15, 0.2) is 0 Å². The molecule has 1 amide bonds. The number of ether oxygens (including phenoxy) is 1. The third-order valence-corrected chi connectivity index (χ3v) is 2.49. The Balaban J connectivity index is 2.33. The maximum Gasteiger partial charge on any atom is 0.326 e. The lowest BCUT2D eigenvalue weighted by Gasteiger charge is -2.13. The molecule has 2 N–H and O–H groups in total. The van der Waals surface area contributed by atoms with Crippen molar-refractivity contribution in [2.75, 3.05) is 6.61 Å². The molecule has 1 aliphatic rings. The predicted molar refractivity (Wildman–Crippen MR) is 62.5 cm³/mol. The highest BCUT2D eigenvalue weighted by molar-refractivity contribution is 6.25. The van der Waals surface area contributed by atoms with Crippen molar-refractivity contribution in [3.8, 4) is 0 Å². The predicted octanol–water partition coefficient (Wildman–Crippen LogP) is -0.615. The molecule has 0 saturated heterocycles. The molecule has 1 rings (SSSR count). The molecular formula is C11H15N3O5. The van der Waals surface area contributed by atoms with Crippen LogP contribution in [0.25, 0.3) is 5.53 Å². The van der Waals surface area contributed by atoms with Crippen molar-refractivity contribution in [1.29, 1.82) is 0 Å². The molecular weight excluding hydrogens is 254 g/mol. The lowest BCUT2D eigenvalue weighted by Crippen LogP contribution is -2.42. The van der Waals surface area contributed by atoms with Gasteiger partial charge in [-0.15, -0.1) is 0 Å². The maximum atomic E-state index is 11.4. The Bertz CT molecular complexity index is 413. The number of carbonyl (C=O) groups excluding carboxylic acids is 2. The highest BCUT2D eigenvalue weighted by Gasteiger charge is 2.25. The molecule has 0 aromatic rings. The lowest BCUT2D eigenvalue weighted by atomic mass is 10.1. The first-order chi connectivity index (χ1) is 9.02. The van der Waals surface area contributed by atoms with Crippen molar-refractivity contribution >= 4 is 23.9 Å². The van der Waals surface area contributed by atoms with Crippen molar-refractivity contribution in [1.82, 2.24) is 5.32 Å². The Kier molecular flexibility index (Phi) is 5.84. The van der Waals surface area contributed by atoms with Crippen LogP contribution in [0.3, 0.4) is 0 Å². The minimum Gasteiger partial charge on any atom is -0.480 e. The fraction of sp³-hybridized carbons (Fsp3) is 0.636. The van der Waals surface area contributed by atoms with Gasteiger partial charge in [-0.05, 0) is 19.3 Å². The van der Waals surface area contributed by atoms with Crippen molar-refractivity contribution in [2.45, 2.75) is 37.8 Å². The van der Waals surface area contributed by atoms with Crippen LogP contribution in [0.4, 0.5) is 0 Å². The number of carbonyl (C=O) groups is 3. The molecule has 0 aliphatic heterocycles. The first-order valence-corrected chi connectivity index (χ1v) is 5.87. The summed E-state index contributed by atoms with van der Waals surface area (Å²) in [6.07, 6.45) is 2.43. The van der Waals surface area contributed by atoms with Gasteiger partial charge in [0.05, 0.1) is 6.10 Å². The molecule has 0 aromatic carbocycles. The largest absolute Gasteiger partial charge is 0.480 e. The zero-order chi connectivity index (χ0) is 14.3. The van der Waals surface area contributed by atoms with E-state index in [9.17, 15) is 14.4 Å². The number of rotatable bonds is 9. The van der Waals surface area contributed by atoms with Gasteiger partial charge in [-0.2, -0.15) is 4.79 Å². The Morgan fingerprint density at radius 3 is 2.68 bits per heavy atom. The van der Waals surface area contributed by atoms with Crippen LogP contribution in [0.2, 0.25) is 0 Å². The fourth-order valence-electron chi connectivity index (χ4n) is 1.34. The number of Topliss-reactive ketones (excluding diaryl/α,β-unsaturated/α-hetero) is 1. The van der Waals surface area contributed by atoms with Gasteiger partial charge in [-0.25, -0.2) is 4.79 Å².